The minimum absolute atomic E-state index is 0.294. The van der Waals surface area contributed by atoms with Crippen molar-refractivity contribution in [2.75, 3.05) is 4.90 Å². The molecule has 2 amide bonds. The summed E-state index contributed by atoms with van der Waals surface area (Å²) in [6.45, 7) is 0. The maximum Gasteiger partial charge on any atom is 0.261 e. The fraction of sp³-hybridized carbons (Fsp3) is 0.0909. The molecular weight excluding hydrogens is 366 g/mol. The summed E-state index contributed by atoms with van der Waals surface area (Å²) in [7, 11) is 0. The molecule has 5 rings (SSSR count). The topological polar surface area (TPSA) is 105 Å². The van der Waals surface area contributed by atoms with Gasteiger partial charge in [-0.1, -0.05) is 24.3 Å². The fourth-order valence-corrected chi connectivity index (χ4v) is 3.85. The second kappa shape index (κ2) is 6.56. The number of nitrogens with zero attached hydrogens (tertiary/aromatic N) is 3. The summed E-state index contributed by atoms with van der Waals surface area (Å²) in [5.74, 6) is -0.172. The Bertz CT molecular complexity index is 1250. The van der Waals surface area contributed by atoms with Crippen LogP contribution in [-0.4, -0.2) is 32.8 Å². The molecular formula is C22H17N5O2. The summed E-state index contributed by atoms with van der Waals surface area (Å²) >= 11 is 0. The quantitative estimate of drug-likeness (QED) is 0.567. The van der Waals surface area contributed by atoms with Crippen LogP contribution in [0.1, 0.15) is 15.9 Å². The van der Waals surface area contributed by atoms with E-state index in [1.807, 2.05) is 42.5 Å². The number of hydrogen-bond donors (Lipinski definition) is 2. The van der Waals surface area contributed by atoms with Crippen LogP contribution in [0.2, 0.25) is 0 Å². The average Bonchev–Trinajstić information content (AvgIpc) is 3.35. The lowest BCUT2D eigenvalue weighted by molar-refractivity contribution is -0.119. The monoisotopic (exact) mass is 383 g/mol. The van der Waals surface area contributed by atoms with Crippen molar-refractivity contribution in [3.8, 4) is 11.4 Å². The standard InChI is InChI=1S/C22H17N5O2/c23-20(28)18-12-14-4-1-2-7-17(14)27(18)22(29)15-5-3-6-16-19(15)26-21(25-16)13-8-10-24-11-9-13/h1-11,18H,12H2,(H2,23,28)(H,25,26). The van der Waals surface area contributed by atoms with E-state index in [2.05, 4.69) is 15.0 Å². The second-order valence-corrected chi connectivity index (χ2v) is 6.95. The van der Waals surface area contributed by atoms with Crippen molar-refractivity contribution in [2.45, 2.75) is 12.5 Å². The van der Waals surface area contributed by atoms with E-state index < -0.39 is 11.9 Å². The molecule has 7 nitrogen and oxygen atoms in total. The van der Waals surface area contributed by atoms with Gasteiger partial charge >= 0.3 is 0 Å². The Morgan fingerprint density at radius 1 is 1.03 bits per heavy atom. The number of pyridine rings is 1. The number of nitrogens with two attached hydrogens (primary N) is 1. The number of benzene rings is 2. The number of anilines is 1. The van der Waals surface area contributed by atoms with Gasteiger partial charge in [-0.3, -0.25) is 19.5 Å². The van der Waals surface area contributed by atoms with E-state index in [1.165, 1.54) is 4.90 Å². The normalized spacial score (nSPS) is 15.4. The predicted molar refractivity (Wildman–Crippen MR) is 109 cm³/mol. The molecule has 142 valence electrons. The van der Waals surface area contributed by atoms with Crippen molar-refractivity contribution in [1.82, 2.24) is 15.0 Å². The Kier molecular flexibility index (Phi) is 3.87. The number of amides is 2. The maximum absolute atomic E-state index is 13.5. The first-order valence-corrected chi connectivity index (χ1v) is 9.23. The number of primary amides is 1. The van der Waals surface area contributed by atoms with Crippen molar-refractivity contribution < 1.29 is 9.59 Å². The van der Waals surface area contributed by atoms with Crippen LogP contribution in [0.4, 0.5) is 5.69 Å². The van der Waals surface area contributed by atoms with Gasteiger partial charge in [-0.2, -0.15) is 0 Å². The van der Waals surface area contributed by atoms with Crippen LogP contribution in [0.15, 0.2) is 67.0 Å². The van der Waals surface area contributed by atoms with Crippen molar-refractivity contribution in [2.24, 2.45) is 5.73 Å². The van der Waals surface area contributed by atoms with E-state index in [-0.39, 0.29) is 5.91 Å². The third-order valence-electron chi connectivity index (χ3n) is 5.22. The molecule has 0 aliphatic carbocycles. The predicted octanol–water partition coefficient (Wildman–Crippen LogP) is 2.68. The molecule has 2 aromatic heterocycles. The van der Waals surface area contributed by atoms with Crippen molar-refractivity contribution in [3.05, 3.63) is 78.1 Å². The van der Waals surface area contributed by atoms with E-state index in [9.17, 15) is 9.59 Å². The fourth-order valence-electron chi connectivity index (χ4n) is 3.85. The Hall–Kier alpha value is -4.00. The number of aromatic amines is 1. The molecule has 1 atom stereocenters. The Labute approximate surface area is 166 Å². The van der Waals surface area contributed by atoms with Gasteiger partial charge in [0.2, 0.25) is 5.91 Å². The van der Waals surface area contributed by atoms with Crippen LogP contribution in [0.3, 0.4) is 0 Å². The maximum atomic E-state index is 13.5. The second-order valence-electron chi connectivity index (χ2n) is 6.95. The number of hydrogen-bond acceptors (Lipinski definition) is 4. The van der Waals surface area contributed by atoms with E-state index in [0.717, 1.165) is 16.6 Å². The summed E-state index contributed by atoms with van der Waals surface area (Å²) in [6, 6.07) is 15.9. The average molecular weight is 383 g/mol. The molecule has 29 heavy (non-hydrogen) atoms. The van der Waals surface area contributed by atoms with Crippen LogP contribution in [0, 0.1) is 0 Å². The molecule has 0 bridgehead atoms. The van der Waals surface area contributed by atoms with Gasteiger partial charge in [0, 0.05) is 30.1 Å². The number of para-hydroxylation sites is 2. The molecule has 2 aromatic carbocycles. The smallest absolute Gasteiger partial charge is 0.261 e. The first-order chi connectivity index (χ1) is 14.1. The first kappa shape index (κ1) is 17.1. The molecule has 7 heteroatoms. The van der Waals surface area contributed by atoms with Gasteiger partial charge in [0.25, 0.3) is 5.91 Å². The summed E-state index contributed by atoms with van der Waals surface area (Å²) in [5, 5.41) is 0. The number of imidazole rings is 1. The van der Waals surface area contributed by atoms with Crippen LogP contribution < -0.4 is 10.6 Å². The lowest BCUT2D eigenvalue weighted by Crippen LogP contribution is -2.46. The van der Waals surface area contributed by atoms with E-state index in [0.29, 0.717) is 29.0 Å². The summed E-state index contributed by atoms with van der Waals surface area (Å²) in [5.41, 5.74) is 9.84. The number of H-pyrrole nitrogens is 1. The number of aromatic nitrogens is 3. The van der Waals surface area contributed by atoms with Gasteiger partial charge in [-0.15, -0.1) is 0 Å². The van der Waals surface area contributed by atoms with Crippen LogP contribution in [0.5, 0.6) is 0 Å². The van der Waals surface area contributed by atoms with E-state index in [4.69, 9.17) is 5.73 Å². The third-order valence-corrected chi connectivity index (χ3v) is 5.22. The first-order valence-electron chi connectivity index (χ1n) is 9.23. The van der Waals surface area contributed by atoms with Gasteiger partial charge in [0.05, 0.1) is 11.1 Å². The highest BCUT2D eigenvalue weighted by Crippen LogP contribution is 2.34. The highest BCUT2D eigenvalue weighted by Gasteiger charge is 2.38. The molecule has 1 aliphatic heterocycles. The molecule has 0 saturated heterocycles. The Morgan fingerprint density at radius 2 is 1.83 bits per heavy atom. The molecule has 1 unspecified atom stereocenters. The highest BCUT2D eigenvalue weighted by molar-refractivity contribution is 6.16. The molecule has 1 aliphatic rings. The summed E-state index contributed by atoms with van der Waals surface area (Å²) in [4.78, 5) is 39.0. The Balaban J connectivity index is 1.63. The van der Waals surface area contributed by atoms with Crippen LogP contribution in [0.25, 0.3) is 22.4 Å². The SMILES string of the molecule is NC(=O)C1Cc2ccccc2N1C(=O)c1cccc2[nH]c(-c3ccncc3)nc12. The molecule has 0 radical (unpaired) electrons. The van der Waals surface area contributed by atoms with Crippen LogP contribution >= 0.6 is 0 Å². The van der Waals surface area contributed by atoms with E-state index in [1.54, 1.807) is 24.5 Å². The van der Waals surface area contributed by atoms with Gasteiger partial charge < -0.3 is 10.7 Å². The molecule has 4 aromatic rings. The number of carbonyl (C=O) groups is 2. The minimum atomic E-state index is -0.714. The minimum Gasteiger partial charge on any atom is -0.368 e. The van der Waals surface area contributed by atoms with Gasteiger partial charge in [-0.05, 0) is 35.9 Å². The molecule has 0 spiro atoms. The summed E-state index contributed by atoms with van der Waals surface area (Å²) in [6.07, 6.45) is 3.79. The third kappa shape index (κ3) is 2.75. The lowest BCUT2D eigenvalue weighted by atomic mass is 10.1. The molecule has 3 N–H and O–H groups in total. The van der Waals surface area contributed by atoms with Crippen molar-refractivity contribution >= 4 is 28.5 Å². The highest BCUT2D eigenvalue weighted by atomic mass is 16.2. The van der Waals surface area contributed by atoms with Gasteiger partial charge in [0.1, 0.15) is 17.4 Å². The number of nitrogens with one attached hydrogen (secondary N) is 1. The Morgan fingerprint density at radius 3 is 2.62 bits per heavy atom. The number of carbonyl (C=O) groups excluding carboxylic acids is 2. The molecule has 3 heterocycles. The van der Waals surface area contributed by atoms with Gasteiger partial charge in [0.15, 0.2) is 0 Å². The van der Waals surface area contributed by atoms with E-state index >= 15 is 0 Å². The number of fused-ring (bicyclic) bond motifs is 2. The van der Waals surface area contributed by atoms with Gasteiger partial charge in [-0.25, -0.2) is 4.98 Å². The lowest BCUT2D eigenvalue weighted by Gasteiger charge is -2.23. The zero-order valence-electron chi connectivity index (χ0n) is 15.4. The van der Waals surface area contributed by atoms with Crippen molar-refractivity contribution in [3.63, 3.8) is 0 Å². The van der Waals surface area contributed by atoms with Crippen molar-refractivity contribution in [1.29, 1.82) is 0 Å². The molecule has 0 saturated carbocycles. The number of rotatable bonds is 3. The zero-order chi connectivity index (χ0) is 20.0. The molecule has 0 fully saturated rings. The largest absolute Gasteiger partial charge is 0.368 e. The van der Waals surface area contributed by atoms with Crippen LogP contribution in [-0.2, 0) is 11.2 Å². The summed E-state index contributed by atoms with van der Waals surface area (Å²) < 4.78 is 0. The zero-order valence-corrected chi connectivity index (χ0v) is 15.4.